The molecule has 0 radical (unpaired) electrons. The van der Waals surface area contributed by atoms with Gasteiger partial charge in [-0.3, -0.25) is 9.69 Å². The highest BCUT2D eigenvalue weighted by molar-refractivity contribution is 8.18. The molecule has 0 saturated carbocycles. The largest absolute Gasteiger partial charge is 0.329 e. The van der Waals surface area contributed by atoms with Gasteiger partial charge in [-0.25, -0.2) is 0 Å². The predicted octanol–water partition coefficient (Wildman–Crippen LogP) is 5.73. The molecule has 1 amide bonds. The molecule has 6 heteroatoms. The average molecular weight is 432 g/mol. The summed E-state index contributed by atoms with van der Waals surface area (Å²) in [5.74, 6) is 1.30. The normalized spacial score (nSPS) is 34.1. The van der Waals surface area contributed by atoms with Crippen molar-refractivity contribution in [2.75, 3.05) is 5.75 Å². The minimum absolute atomic E-state index is 0.0813. The molecule has 2 aromatic carbocycles. The number of nitrogens with zero attached hydrogens (tertiary/aromatic N) is 1. The molecule has 4 heterocycles. The smallest absolute Gasteiger partial charge is 0.243 e. The van der Waals surface area contributed by atoms with Gasteiger partial charge in [-0.2, -0.15) is 0 Å². The summed E-state index contributed by atoms with van der Waals surface area (Å²) < 4.78 is 6.07. The first-order valence-corrected chi connectivity index (χ1v) is 11.9. The van der Waals surface area contributed by atoms with Crippen molar-refractivity contribution >= 4 is 41.0 Å². The summed E-state index contributed by atoms with van der Waals surface area (Å²) in [4.78, 5) is 15.9. The van der Waals surface area contributed by atoms with Crippen LogP contribution in [0.25, 0.3) is 0 Å². The highest BCUT2D eigenvalue weighted by atomic mass is 35.5. The van der Waals surface area contributed by atoms with Gasteiger partial charge in [0.05, 0.1) is 5.92 Å². The first-order valence-electron chi connectivity index (χ1n) is 9.63. The summed E-state index contributed by atoms with van der Waals surface area (Å²) in [6.07, 6.45) is -0.258. The van der Waals surface area contributed by atoms with Crippen LogP contribution in [0, 0.1) is 11.8 Å². The van der Waals surface area contributed by atoms with Gasteiger partial charge >= 0.3 is 0 Å². The molecule has 3 nitrogen and oxygen atoms in total. The summed E-state index contributed by atoms with van der Waals surface area (Å²) in [7, 11) is 0. The van der Waals surface area contributed by atoms with E-state index in [0.717, 1.165) is 11.3 Å². The Labute approximate surface area is 179 Å². The van der Waals surface area contributed by atoms with Crippen LogP contribution in [0.4, 0.5) is 0 Å². The van der Waals surface area contributed by atoms with Crippen molar-refractivity contribution in [1.82, 2.24) is 4.90 Å². The summed E-state index contributed by atoms with van der Waals surface area (Å²) in [6.45, 7) is 4.38. The molecule has 0 aliphatic carbocycles. The molecule has 6 rings (SSSR count). The van der Waals surface area contributed by atoms with Crippen molar-refractivity contribution in [1.29, 1.82) is 0 Å². The summed E-state index contributed by atoms with van der Waals surface area (Å²) in [6, 6.07) is 18.4. The van der Waals surface area contributed by atoms with Crippen LogP contribution < -0.4 is 0 Å². The summed E-state index contributed by atoms with van der Waals surface area (Å²) in [5.41, 5.74) is 2.22. The van der Waals surface area contributed by atoms with Crippen LogP contribution in [0.3, 0.4) is 0 Å². The maximum Gasteiger partial charge on any atom is 0.243 e. The summed E-state index contributed by atoms with van der Waals surface area (Å²) >= 11 is 9.67. The van der Waals surface area contributed by atoms with Gasteiger partial charge in [-0.15, -0.1) is 0 Å². The molecule has 5 atom stereocenters. The number of benzene rings is 2. The van der Waals surface area contributed by atoms with Crippen molar-refractivity contribution in [3.05, 3.63) is 70.7 Å². The molecule has 4 aliphatic rings. The summed E-state index contributed by atoms with van der Waals surface area (Å²) in [5, 5.41) is 0.776. The minimum atomic E-state index is -0.647. The molecule has 4 saturated heterocycles. The molecule has 0 aromatic heterocycles. The molecule has 28 heavy (non-hydrogen) atoms. The van der Waals surface area contributed by atoms with Gasteiger partial charge in [-0.1, -0.05) is 91.4 Å². The number of amides is 1. The Hall–Kier alpha value is -1.14. The highest BCUT2D eigenvalue weighted by Gasteiger charge is 2.66. The van der Waals surface area contributed by atoms with Gasteiger partial charge < -0.3 is 4.74 Å². The van der Waals surface area contributed by atoms with E-state index >= 15 is 0 Å². The lowest BCUT2D eigenvalue weighted by Gasteiger charge is -2.56. The maximum atomic E-state index is 13.8. The number of hydrogen-bond acceptors (Lipinski definition) is 4. The standard InChI is InChI=1S/C22H22ClNO2S2/c1-13(2)17-12-27-22-24(17)21(25)18(20(28-22)15-6-4-3-5-7-15)19(26-22)14-8-10-16(23)11-9-14/h3-11,13,17-20H,12H2,1-2H3/t17-,18+,19+,20+,22+/m1/s1. The van der Waals surface area contributed by atoms with Crippen molar-refractivity contribution in [3.63, 3.8) is 0 Å². The first-order chi connectivity index (χ1) is 13.5. The van der Waals surface area contributed by atoms with E-state index in [1.165, 1.54) is 5.56 Å². The maximum absolute atomic E-state index is 13.8. The fourth-order valence-electron chi connectivity index (χ4n) is 4.43. The minimum Gasteiger partial charge on any atom is -0.329 e. The third-order valence-corrected chi connectivity index (χ3v) is 9.36. The Morgan fingerprint density at radius 1 is 1.11 bits per heavy atom. The van der Waals surface area contributed by atoms with E-state index in [2.05, 4.69) is 38.1 Å². The highest BCUT2D eigenvalue weighted by Crippen LogP contribution is 2.68. The second kappa shape index (κ2) is 6.98. The number of fused-ring (bicyclic) bond motifs is 2. The Kier molecular flexibility index (Phi) is 4.70. The second-order valence-electron chi connectivity index (χ2n) is 7.92. The number of hydrogen-bond donors (Lipinski definition) is 0. The van der Waals surface area contributed by atoms with Crippen LogP contribution in [0.1, 0.15) is 36.3 Å². The van der Waals surface area contributed by atoms with Crippen molar-refractivity contribution in [2.24, 2.45) is 11.8 Å². The van der Waals surface area contributed by atoms with E-state index in [9.17, 15) is 4.79 Å². The van der Waals surface area contributed by atoms with Crippen molar-refractivity contribution in [3.8, 4) is 0 Å². The molecule has 4 aliphatic heterocycles. The van der Waals surface area contributed by atoms with Gasteiger partial charge in [0.15, 0.2) is 0 Å². The lowest BCUT2D eigenvalue weighted by Crippen LogP contribution is -2.63. The number of halogens is 1. The molecule has 1 spiro atoms. The van der Waals surface area contributed by atoms with Crippen LogP contribution in [0.2, 0.25) is 5.02 Å². The quantitative estimate of drug-likeness (QED) is 0.620. The van der Waals surface area contributed by atoms with E-state index < -0.39 is 4.39 Å². The Bertz CT molecular complexity index is 891. The van der Waals surface area contributed by atoms with Crippen LogP contribution in [-0.2, 0) is 9.53 Å². The molecular formula is C22H22ClNO2S2. The SMILES string of the molecule is CC(C)[C@H]1CS[C@@]23O[C@@H](c4ccc(Cl)cc4)[C@H](C(=O)N12)[C@H](c1ccccc1)S3. The average Bonchev–Trinajstić information content (AvgIpc) is 3.09. The molecule has 0 N–H and O–H groups in total. The van der Waals surface area contributed by atoms with Gasteiger partial charge in [-0.05, 0) is 29.2 Å². The monoisotopic (exact) mass is 431 g/mol. The fourth-order valence-corrected chi connectivity index (χ4v) is 8.31. The van der Waals surface area contributed by atoms with E-state index in [-0.39, 0.29) is 29.2 Å². The Morgan fingerprint density at radius 2 is 1.82 bits per heavy atom. The fraction of sp³-hybridized carbons (Fsp3) is 0.409. The molecular weight excluding hydrogens is 410 g/mol. The molecule has 0 unspecified atom stereocenters. The van der Waals surface area contributed by atoms with E-state index in [1.54, 1.807) is 23.5 Å². The lowest BCUT2D eigenvalue weighted by atomic mass is 9.85. The van der Waals surface area contributed by atoms with Gasteiger partial charge in [0, 0.05) is 22.1 Å². The number of rotatable bonds is 3. The number of carbonyl (C=O) groups is 1. The third-order valence-electron chi connectivity index (χ3n) is 5.89. The third kappa shape index (κ3) is 2.82. The zero-order chi connectivity index (χ0) is 19.5. The van der Waals surface area contributed by atoms with Crippen LogP contribution in [0.15, 0.2) is 54.6 Å². The van der Waals surface area contributed by atoms with Crippen molar-refractivity contribution in [2.45, 2.75) is 35.6 Å². The van der Waals surface area contributed by atoms with Gasteiger partial charge in [0.1, 0.15) is 6.10 Å². The zero-order valence-corrected chi connectivity index (χ0v) is 18.1. The van der Waals surface area contributed by atoms with Crippen LogP contribution >= 0.6 is 35.1 Å². The van der Waals surface area contributed by atoms with Crippen LogP contribution in [-0.4, -0.2) is 27.0 Å². The van der Waals surface area contributed by atoms with E-state index in [0.29, 0.717) is 10.9 Å². The topological polar surface area (TPSA) is 29.5 Å². The van der Waals surface area contributed by atoms with E-state index in [1.807, 2.05) is 35.2 Å². The Morgan fingerprint density at radius 3 is 2.50 bits per heavy atom. The zero-order valence-electron chi connectivity index (χ0n) is 15.7. The predicted molar refractivity (Wildman–Crippen MR) is 116 cm³/mol. The molecule has 2 aromatic rings. The first kappa shape index (κ1) is 18.9. The number of carbonyl (C=O) groups excluding carboxylic acids is 1. The lowest BCUT2D eigenvalue weighted by molar-refractivity contribution is -0.189. The van der Waals surface area contributed by atoms with Crippen molar-refractivity contribution < 1.29 is 9.53 Å². The Balaban J connectivity index is 1.61. The number of ether oxygens (including phenoxy) is 1. The van der Waals surface area contributed by atoms with Gasteiger partial charge in [0.25, 0.3) is 0 Å². The second-order valence-corrected chi connectivity index (χ2v) is 11.1. The number of thioether (sulfide) groups is 2. The van der Waals surface area contributed by atoms with E-state index in [4.69, 9.17) is 16.3 Å². The molecule has 146 valence electrons. The molecule has 4 fully saturated rings. The van der Waals surface area contributed by atoms with Gasteiger partial charge in [0.2, 0.25) is 10.3 Å². The molecule has 2 bridgehead atoms. The van der Waals surface area contributed by atoms with Crippen LogP contribution in [0.5, 0.6) is 0 Å².